The van der Waals surface area contributed by atoms with Gasteiger partial charge in [0, 0.05) is 18.6 Å². The number of aromatic amines is 1. The summed E-state index contributed by atoms with van der Waals surface area (Å²) < 4.78 is 0. The zero-order chi connectivity index (χ0) is 13.7. The van der Waals surface area contributed by atoms with E-state index in [1.807, 2.05) is 17.4 Å². The molecule has 0 aromatic carbocycles. The van der Waals surface area contributed by atoms with Crippen molar-refractivity contribution in [1.82, 2.24) is 15.3 Å². The Morgan fingerprint density at radius 2 is 2.16 bits per heavy atom. The number of hydrogen-bond donors (Lipinski definition) is 3. The number of carbonyl (C=O) groups excluding carboxylic acids is 1. The van der Waals surface area contributed by atoms with Gasteiger partial charge in [-0.25, -0.2) is 10.1 Å². The van der Waals surface area contributed by atoms with E-state index in [4.69, 9.17) is 11.0 Å². The van der Waals surface area contributed by atoms with Crippen molar-refractivity contribution in [3.63, 3.8) is 0 Å². The molecule has 7 heteroatoms. The Morgan fingerprint density at radius 3 is 2.84 bits per heavy atom. The second-order valence-electron chi connectivity index (χ2n) is 3.58. The summed E-state index contributed by atoms with van der Waals surface area (Å²) in [6.07, 6.45) is 6.58. The Morgan fingerprint density at radius 1 is 1.42 bits per heavy atom. The third-order valence-electron chi connectivity index (χ3n) is 2.36. The Labute approximate surface area is 108 Å². The molecule has 0 atom stereocenters. The van der Waals surface area contributed by atoms with E-state index >= 15 is 0 Å². The Balaban J connectivity index is 2.22. The molecule has 0 saturated carbocycles. The van der Waals surface area contributed by atoms with Gasteiger partial charge < -0.3 is 10.7 Å². The van der Waals surface area contributed by atoms with Crippen LogP contribution in [0.1, 0.15) is 5.69 Å². The van der Waals surface area contributed by atoms with Gasteiger partial charge in [0.2, 0.25) is 0 Å². The Kier molecular flexibility index (Phi) is 3.54. The average molecular weight is 254 g/mol. The predicted octanol–water partition coefficient (Wildman–Crippen LogP) is 0.973. The number of urea groups is 1. The van der Waals surface area contributed by atoms with Crippen molar-refractivity contribution >= 4 is 11.9 Å². The fraction of sp³-hybridized carbons (Fsp3) is 0. The SMILES string of the molecule is N#CNC(=O)/N=C(\N)c1cc(-c2ccncc2)c[nH]1. The topological polar surface area (TPSA) is 120 Å². The number of H-pyrrole nitrogens is 1. The van der Waals surface area contributed by atoms with Crippen molar-refractivity contribution in [3.8, 4) is 17.3 Å². The first-order valence-corrected chi connectivity index (χ1v) is 5.33. The van der Waals surface area contributed by atoms with Crippen LogP contribution in [0, 0.1) is 11.5 Å². The first-order chi connectivity index (χ1) is 9.20. The van der Waals surface area contributed by atoms with Crippen LogP contribution in [-0.2, 0) is 0 Å². The minimum absolute atomic E-state index is 0.00746. The molecule has 94 valence electrons. The molecule has 0 aliphatic heterocycles. The molecule has 0 aliphatic carbocycles. The number of nitrogens with zero attached hydrogens (tertiary/aromatic N) is 3. The van der Waals surface area contributed by atoms with Crippen molar-refractivity contribution in [2.45, 2.75) is 0 Å². The molecule has 2 aromatic heterocycles. The van der Waals surface area contributed by atoms with Crippen LogP contribution in [0.25, 0.3) is 11.1 Å². The number of pyridine rings is 1. The predicted molar refractivity (Wildman–Crippen MR) is 68.9 cm³/mol. The lowest BCUT2D eigenvalue weighted by molar-refractivity contribution is 0.252. The molecular formula is C12H10N6O. The van der Waals surface area contributed by atoms with Crippen LogP contribution in [0.5, 0.6) is 0 Å². The van der Waals surface area contributed by atoms with Gasteiger partial charge in [0.15, 0.2) is 12.0 Å². The smallest absolute Gasteiger partial charge is 0.356 e. The molecule has 0 fully saturated rings. The van der Waals surface area contributed by atoms with Crippen molar-refractivity contribution in [1.29, 1.82) is 5.26 Å². The number of nitrogens with two attached hydrogens (primary N) is 1. The molecule has 2 aromatic rings. The second-order valence-corrected chi connectivity index (χ2v) is 3.58. The first-order valence-electron chi connectivity index (χ1n) is 5.33. The maximum absolute atomic E-state index is 11.1. The molecule has 0 aliphatic rings. The van der Waals surface area contributed by atoms with E-state index in [1.54, 1.807) is 24.7 Å². The number of nitrogens with one attached hydrogen (secondary N) is 2. The summed E-state index contributed by atoms with van der Waals surface area (Å²) in [4.78, 5) is 21.4. The highest BCUT2D eigenvalue weighted by Gasteiger charge is 2.06. The summed E-state index contributed by atoms with van der Waals surface area (Å²) in [7, 11) is 0. The van der Waals surface area contributed by atoms with Crippen LogP contribution in [-0.4, -0.2) is 21.8 Å². The molecule has 7 nitrogen and oxygen atoms in total. The van der Waals surface area contributed by atoms with Gasteiger partial charge in [0.1, 0.15) is 0 Å². The van der Waals surface area contributed by atoms with Gasteiger partial charge in [-0.2, -0.15) is 10.3 Å². The Hall–Kier alpha value is -3.14. The molecule has 0 bridgehead atoms. The summed E-state index contributed by atoms with van der Waals surface area (Å²) in [5, 5.41) is 10.1. The molecule has 0 saturated heterocycles. The fourth-order valence-corrected chi connectivity index (χ4v) is 1.50. The molecule has 4 N–H and O–H groups in total. The number of aliphatic imine (C=N–C) groups is 1. The second kappa shape index (κ2) is 5.46. The molecule has 2 amide bonds. The first kappa shape index (κ1) is 12.3. The third-order valence-corrected chi connectivity index (χ3v) is 2.36. The minimum Gasteiger partial charge on any atom is -0.382 e. The number of aromatic nitrogens is 2. The summed E-state index contributed by atoms with van der Waals surface area (Å²) in [5.41, 5.74) is 8.02. The normalized spacial score (nSPS) is 10.8. The number of amides is 2. The summed E-state index contributed by atoms with van der Waals surface area (Å²) in [6.45, 7) is 0. The maximum Gasteiger partial charge on any atom is 0.356 e. The highest BCUT2D eigenvalue weighted by molar-refractivity contribution is 6.03. The number of amidine groups is 1. The molecule has 0 spiro atoms. The summed E-state index contributed by atoms with van der Waals surface area (Å²) in [5.74, 6) is 0.00746. The monoisotopic (exact) mass is 254 g/mol. The Bertz CT molecular complexity index is 652. The van der Waals surface area contributed by atoms with Gasteiger partial charge in [0.25, 0.3) is 0 Å². The zero-order valence-electron chi connectivity index (χ0n) is 9.79. The van der Waals surface area contributed by atoms with Crippen LogP contribution >= 0.6 is 0 Å². The lowest BCUT2D eigenvalue weighted by Crippen LogP contribution is -2.21. The molecule has 2 rings (SSSR count). The van der Waals surface area contributed by atoms with Gasteiger partial charge in [-0.05, 0) is 29.3 Å². The standard InChI is InChI=1S/C12H10N6O/c13-7-17-12(19)18-11(14)10-5-9(6-16-10)8-1-3-15-4-2-8/h1-6,16H,(H3,14,17,18,19). The number of rotatable bonds is 2. The van der Waals surface area contributed by atoms with Gasteiger partial charge >= 0.3 is 6.03 Å². The highest BCUT2D eigenvalue weighted by Crippen LogP contribution is 2.18. The van der Waals surface area contributed by atoms with Gasteiger partial charge in [-0.15, -0.1) is 0 Å². The molecule has 19 heavy (non-hydrogen) atoms. The number of carbonyl (C=O) groups is 1. The van der Waals surface area contributed by atoms with E-state index in [0.29, 0.717) is 5.69 Å². The van der Waals surface area contributed by atoms with E-state index in [0.717, 1.165) is 11.1 Å². The number of nitriles is 1. The lowest BCUT2D eigenvalue weighted by Gasteiger charge is -1.96. The summed E-state index contributed by atoms with van der Waals surface area (Å²) >= 11 is 0. The van der Waals surface area contributed by atoms with Gasteiger partial charge in [-0.3, -0.25) is 4.98 Å². The third kappa shape index (κ3) is 2.95. The summed E-state index contributed by atoms with van der Waals surface area (Å²) in [6, 6.07) is 4.65. The lowest BCUT2D eigenvalue weighted by atomic mass is 10.1. The molecular weight excluding hydrogens is 244 g/mol. The molecule has 2 heterocycles. The van der Waals surface area contributed by atoms with E-state index in [9.17, 15) is 4.79 Å². The molecule has 0 unspecified atom stereocenters. The van der Waals surface area contributed by atoms with Crippen molar-refractivity contribution in [2.24, 2.45) is 10.7 Å². The maximum atomic E-state index is 11.1. The highest BCUT2D eigenvalue weighted by atomic mass is 16.2. The van der Waals surface area contributed by atoms with E-state index in [-0.39, 0.29) is 5.84 Å². The van der Waals surface area contributed by atoms with E-state index < -0.39 is 6.03 Å². The van der Waals surface area contributed by atoms with E-state index in [1.165, 1.54) is 6.19 Å². The fourth-order valence-electron chi connectivity index (χ4n) is 1.50. The largest absolute Gasteiger partial charge is 0.382 e. The van der Waals surface area contributed by atoms with Gasteiger partial charge in [0.05, 0.1) is 5.69 Å². The average Bonchev–Trinajstić information content (AvgIpc) is 2.89. The van der Waals surface area contributed by atoms with Gasteiger partial charge in [-0.1, -0.05) is 0 Å². The molecule has 0 radical (unpaired) electrons. The van der Waals surface area contributed by atoms with Crippen LogP contribution in [0.4, 0.5) is 4.79 Å². The van der Waals surface area contributed by atoms with Crippen LogP contribution in [0.2, 0.25) is 0 Å². The zero-order valence-corrected chi connectivity index (χ0v) is 9.79. The van der Waals surface area contributed by atoms with Crippen molar-refractivity contribution in [3.05, 3.63) is 42.5 Å². The number of hydrogen-bond acceptors (Lipinski definition) is 3. The van der Waals surface area contributed by atoms with Crippen molar-refractivity contribution in [2.75, 3.05) is 0 Å². The van der Waals surface area contributed by atoms with Crippen LogP contribution < -0.4 is 11.1 Å². The van der Waals surface area contributed by atoms with E-state index in [2.05, 4.69) is 15.0 Å². The van der Waals surface area contributed by atoms with Crippen LogP contribution in [0.15, 0.2) is 41.8 Å². The van der Waals surface area contributed by atoms with Crippen molar-refractivity contribution < 1.29 is 4.79 Å². The quantitative estimate of drug-likeness (QED) is 0.320. The van der Waals surface area contributed by atoms with Crippen LogP contribution in [0.3, 0.4) is 0 Å². The minimum atomic E-state index is -0.805.